The number of hydrogen-bond donors (Lipinski definition) is 1. The predicted octanol–water partition coefficient (Wildman–Crippen LogP) is 3.23. The standard InChI is InChI=1S/C12H20O2/c1-2-3-4-5-10-6-8-11(9-7-10)12(13)14/h4-5,10-11H,2-3,6-9H2,1H3,(H,13,14)/b5-4+/t10-,11-. The topological polar surface area (TPSA) is 37.3 Å². The van der Waals surface area contributed by atoms with Crippen molar-refractivity contribution in [2.45, 2.75) is 45.4 Å². The molecule has 0 amide bonds. The molecule has 1 N–H and O–H groups in total. The molecule has 0 aliphatic heterocycles. The van der Waals surface area contributed by atoms with Crippen molar-refractivity contribution >= 4 is 5.97 Å². The van der Waals surface area contributed by atoms with Crippen molar-refractivity contribution in [2.75, 3.05) is 0 Å². The summed E-state index contributed by atoms with van der Waals surface area (Å²) in [7, 11) is 0. The maximum absolute atomic E-state index is 10.7. The number of carboxylic acids is 1. The van der Waals surface area contributed by atoms with Crippen LogP contribution in [0.1, 0.15) is 45.4 Å². The third kappa shape index (κ3) is 3.52. The predicted molar refractivity (Wildman–Crippen MR) is 57.1 cm³/mol. The van der Waals surface area contributed by atoms with Crippen molar-refractivity contribution < 1.29 is 9.90 Å². The van der Waals surface area contributed by atoms with Crippen LogP contribution in [-0.4, -0.2) is 11.1 Å². The molecule has 1 saturated carbocycles. The van der Waals surface area contributed by atoms with Gasteiger partial charge in [-0.1, -0.05) is 25.5 Å². The molecular weight excluding hydrogens is 176 g/mol. The van der Waals surface area contributed by atoms with E-state index in [0.717, 1.165) is 32.1 Å². The van der Waals surface area contributed by atoms with Crippen LogP contribution in [0.4, 0.5) is 0 Å². The van der Waals surface area contributed by atoms with Gasteiger partial charge in [0.05, 0.1) is 5.92 Å². The molecule has 0 heterocycles. The van der Waals surface area contributed by atoms with E-state index >= 15 is 0 Å². The number of allylic oxidation sites excluding steroid dienone is 2. The molecule has 0 atom stereocenters. The fraction of sp³-hybridized carbons (Fsp3) is 0.750. The van der Waals surface area contributed by atoms with E-state index < -0.39 is 5.97 Å². The van der Waals surface area contributed by atoms with Crippen molar-refractivity contribution in [2.24, 2.45) is 11.8 Å². The molecule has 2 heteroatoms. The highest BCUT2D eigenvalue weighted by Crippen LogP contribution is 2.29. The smallest absolute Gasteiger partial charge is 0.306 e. The highest BCUT2D eigenvalue weighted by molar-refractivity contribution is 5.70. The summed E-state index contributed by atoms with van der Waals surface area (Å²) in [4.78, 5) is 10.7. The van der Waals surface area contributed by atoms with Gasteiger partial charge in [-0.2, -0.15) is 0 Å². The Hall–Kier alpha value is -0.790. The van der Waals surface area contributed by atoms with Gasteiger partial charge in [0.2, 0.25) is 0 Å². The molecule has 0 aromatic carbocycles. The van der Waals surface area contributed by atoms with E-state index in [1.54, 1.807) is 0 Å². The van der Waals surface area contributed by atoms with Crippen LogP contribution in [0.2, 0.25) is 0 Å². The summed E-state index contributed by atoms with van der Waals surface area (Å²) in [5.41, 5.74) is 0. The van der Waals surface area contributed by atoms with Crippen LogP contribution in [0.25, 0.3) is 0 Å². The van der Waals surface area contributed by atoms with Crippen LogP contribution in [0.5, 0.6) is 0 Å². The van der Waals surface area contributed by atoms with E-state index in [2.05, 4.69) is 19.1 Å². The maximum atomic E-state index is 10.7. The molecule has 0 aromatic rings. The first-order valence-corrected chi connectivity index (χ1v) is 5.63. The Kier molecular flexibility index (Phi) is 4.71. The average molecular weight is 196 g/mol. The van der Waals surface area contributed by atoms with Gasteiger partial charge in [-0.15, -0.1) is 0 Å². The van der Waals surface area contributed by atoms with E-state index in [4.69, 9.17) is 5.11 Å². The molecule has 1 fully saturated rings. The number of unbranched alkanes of at least 4 members (excludes halogenated alkanes) is 1. The maximum Gasteiger partial charge on any atom is 0.306 e. The Balaban J connectivity index is 2.25. The van der Waals surface area contributed by atoms with Gasteiger partial charge in [0.15, 0.2) is 0 Å². The Morgan fingerprint density at radius 2 is 2.00 bits per heavy atom. The van der Waals surface area contributed by atoms with Gasteiger partial charge in [0.25, 0.3) is 0 Å². The molecular formula is C12H20O2. The largest absolute Gasteiger partial charge is 0.481 e. The third-order valence-electron chi connectivity index (χ3n) is 2.98. The first-order chi connectivity index (χ1) is 6.74. The lowest BCUT2D eigenvalue weighted by molar-refractivity contribution is -0.142. The summed E-state index contributed by atoms with van der Waals surface area (Å²) in [6, 6.07) is 0. The van der Waals surface area contributed by atoms with Crippen LogP contribution < -0.4 is 0 Å². The molecule has 1 rings (SSSR count). The van der Waals surface area contributed by atoms with Crippen molar-refractivity contribution in [3.05, 3.63) is 12.2 Å². The van der Waals surface area contributed by atoms with Crippen molar-refractivity contribution in [1.82, 2.24) is 0 Å². The molecule has 14 heavy (non-hydrogen) atoms. The lowest BCUT2D eigenvalue weighted by atomic mass is 9.82. The molecule has 1 aliphatic carbocycles. The molecule has 0 spiro atoms. The summed E-state index contributed by atoms with van der Waals surface area (Å²) in [5.74, 6) is -0.0519. The van der Waals surface area contributed by atoms with Gasteiger partial charge in [0, 0.05) is 0 Å². The summed E-state index contributed by atoms with van der Waals surface area (Å²) in [6.07, 6.45) is 10.7. The normalized spacial score (nSPS) is 28.1. The Bertz CT molecular complexity index is 200. The number of carbonyl (C=O) groups is 1. The van der Waals surface area contributed by atoms with Gasteiger partial charge < -0.3 is 5.11 Å². The van der Waals surface area contributed by atoms with E-state index in [9.17, 15) is 4.79 Å². The Labute approximate surface area is 86.0 Å². The number of aliphatic carboxylic acids is 1. The molecule has 80 valence electrons. The number of hydrogen-bond acceptors (Lipinski definition) is 1. The van der Waals surface area contributed by atoms with Gasteiger partial charge in [0.1, 0.15) is 0 Å². The minimum atomic E-state index is -0.610. The molecule has 0 bridgehead atoms. The first kappa shape index (κ1) is 11.3. The lowest BCUT2D eigenvalue weighted by Gasteiger charge is -2.23. The number of rotatable bonds is 4. The molecule has 2 nitrogen and oxygen atoms in total. The first-order valence-electron chi connectivity index (χ1n) is 5.63. The Morgan fingerprint density at radius 1 is 1.36 bits per heavy atom. The van der Waals surface area contributed by atoms with Gasteiger partial charge >= 0.3 is 5.97 Å². The SMILES string of the molecule is CCC/C=C/[C@H]1CC[C@H](C(=O)O)CC1. The molecule has 0 aromatic heterocycles. The zero-order chi connectivity index (χ0) is 10.4. The lowest BCUT2D eigenvalue weighted by Crippen LogP contribution is -2.20. The van der Waals surface area contributed by atoms with Gasteiger partial charge in [-0.05, 0) is 38.0 Å². The van der Waals surface area contributed by atoms with Crippen LogP contribution >= 0.6 is 0 Å². The molecule has 0 radical (unpaired) electrons. The van der Waals surface area contributed by atoms with E-state index in [0.29, 0.717) is 5.92 Å². The van der Waals surface area contributed by atoms with Crippen LogP contribution in [0.15, 0.2) is 12.2 Å². The highest BCUT2D eigenvalue weighted by atomic mass is 16.4. The second kappa shape index (κ2) is 5.84. The van der Waals surface area contributed by atoms with Crippen molar-refractivity contribution in [1.29, 1.82) is 0 Å². The minimum Gasteiger partial charge on any atom is -0.481 e. The van der Waals surface area contributed by atoms with E-state index in [1.807, 2.05) is 0 Å². The van der Waals surface area contributed by atoms with Crippen molar-refractivity contribution in [3.63, 3.8) is 0 Å². The van der Waals surface area contributed by atoms with Gasteiger partial charge in [-0.25, -0.2) is 0 Å². The van der Waals surface area contributed by atoms with Crippen LogP contribution in [0.3, 0.4) is 0 Å². The summed E-state index contributed by atoms with van der Waals surface area (Å²) in [5, 5.41) is 8.82. The van der Waals surface area contributed by atoms with Crippen LogP contribution in [-0.2, 0) is 4.79 Å². The second-order valence-electron chi connectivity index (χ2n) is 4.17. The minimum absolute atomic E-state index is 0.0779. The monoisotopic (exact) mass is 196 g/mol. The molecule has 0 saturated heterocycles. The third-order valence-corrected chi connectivity index (χ3v) is 2.98. The second-order valence-corrected chi connectivity index (χ2v) is 4.17. The summed E-state index contributed by atoms with van der Waals surface area (Å²) >= 11 is 0. The zero-order valence-corrected chi connectivity index (χ0v) is 8.91. The highest BCUT2D eigenvalue weighted by Gasteiger charge is 2.24. The average Bonchev–Trinajstić information content (AvgIpc) is 2.19. The Morgan fingerprint density at radius 3 is 2.50 bits per heavy atom. The summed E-state index contributed by atoms with van der Waals surface area (Å²) < 4.78 is 0. The van der Waals surface area contributed by atoms with Crippen molar-refractivity contribution in [3.8, 4) is 0 Å². The fourth-order valence-electron chi connectivity index (χ4n) is 2.01. The molecule has 0 unspecified atom stereocenters. The van der Waals surface area contributed by atoms with E-state index in [-0.39, 0.29) is 5.92 Å². The van der Waals surface area contributed by atoms with E-state index in [1.165, 1.54) is 6.42 Å². The zero-order valence-electron chi connectivity index (χ0n) is 8.91. The number of carboxylic acid groups (broad SMARTS) is 1. The quantitative estimate of drug-likeness (QED) is 0.701. The summed E-state index contributed by atoms with van der Waals surface area (Å²) in [6.45, 7) is 2.17. The molecule has 1 aliphatic rings. The fourth-order valence-corrected chi connectivity index (χ4v) is 2.01. The van der Waals surface area contributed by atoms with Gasteiger partial charge in [-0.3, -0.25) is 4.79 Å². The van der Waals surface area contributed by atoms with Crippen LogP contribution in [0, 0.1) is 11.8 Å².